The van der Waals surface area contributed by atoms with Crippen molar-refractivity contribution >= 4 is 30.9 Å². The second-order valence-electron chi connectivity index (χ2n) is 18.5. The summed E-state index contributed by atoms with van der Waals surface area (Å²) in [6, 6.07) is -2.37. The molecule has 5 nitrogen and oxygen atoms in total. The van der Waals surface area contributed by atoms with E-state index in [4.69, 9.17) is 18.0 Å². The Morgan fingerprint density at radius 1 is 0.516 bits per heavy atom. The molecule has 0 aromatic heterocycles. The average molecular weight is 1010 g/mol. The van der Waals surface area contributed by atoms with Gasteiger partial charge in [-0.3, -0.25) is 0 Å². The molecule has 0 N–H and O–H groups in total. The molecule has 0 saturated carbocycles. The molecule has 0 amide bonds. The van der Waals surface area contributed by atoms with Crippen LogP contribution in [0.5, 0.6) is 0 Å². The van der Waals surface area contributed by atoms with Crippen LogP contribution in [0.25, 0.3) is 0 Å². The van der Waals surface area contributed by atoms with Crippen molar-refractivity contribution in [3.63, 3.8) is 0 Å². The van der Waals surface area contributed by atoms with E-state index in [9.17, 15) is 70.7 Å². The van der Waals surface area contributed by atoms with Gasteiger partial charge in [0, 0.05) is 31.8 Å². The molecule has 0 aliphatic carbocycles. The van der Waals surface area contributed by atoms with Gasteiger partial charge in [-0.25, -0.2) is 4.79 Å². The minimum atomic E-state index is -5.96. The van der Waals surface area contributed by atoms with E-state index in [0.29, 0.717) is 0 Å². The maximum atomic E-state index is 14.7. The highest BCUT2D eigenvalue weighted by Gasteiger charge is 2.62. The molecule has 0 rings (SSSR count). The summed E-state index contributed by atoms with van der Waals surface area (Å²) < 4.78 is 235. The van der Waals surface area contributed by atoms with Crippen LogP contribution in [0.1, 0.15) is 115 Å². The van der Waals surface area contributed by atoms with Crippen LogP contribution in [-0.2, 0) is 22.8 Å². The zero-order chi connectivity index (χ0) is 50.9. The lowest BCUT2D eigenvalue weighted by Crippen LogP contribution is -2.56. The normalized spacial score (nSPS) is 16.3. The number of hydrogen-bond donors (Lipinski definition) is 0. The molecule has 3 atom stereocenters. The third kappa shape index (κ3) is 16.0. The lowest BCUT2D eigenvalue weighted by atomic mass is 10.0. The molecule has 0 fully saturated rings. The lowest BCUT2D eigenvalue weighted by molar-refractivity contribution is -0.283. The molecule has 23 heteroatoms. The molecule has 0 unspecified atom stereocenters. The largest absolute Gasteiger partial charge is 0.466 e. The third-order valence-corrected chi connectivity index (χ3v) is 29.7. The van der Waals surface area contributed by atoms with Crippen LogP contribution in [0.15, 0.2) is 24.8 Å². The standard InChI is InChI=1S/C41H69F15O5Si3/c1-15-16-32(59-62(26(2)3,27(4)5)22-19-36(42,43)39(48,49)50)25-34(61-64(30(10)11,31(12)13)24-21-38(46,47)41(54,55)56)33(17-18-35(57)58-14)60-63(28(6)7,29(8)9)23-20-37(44,45)40(51,52)53/h15,17-18,26-34H,1,16,19-25H2,2-14H3/b18-17+/t32-,33-,34-/m1/s1. The summed E-state index contributed by atoms with van der Waals surface area (Å²) in [6.45, 7) is 22.3. The molecular weight excluding hydrogens is 942 g/mol. The highest BCUT2D eigenvalue weighted by Crippen LogP contribution is 2.50. The molecule has 0 saturated heterocycles. The number of ether oxygens (including phenoxy) is 1. The van der Waals surface area contributed by atoms with Crippen molar-refractivity contribution in [2.24, 2.45) is 0 Å². The van der Waals surface area contributed by atoms with E-state index < -0.39 is 163 Å². The van der Waals surface area contributed by atoms with Crippen LogP contribution in [0.4, 0.5) is 65.9 Å². The molecule has 0 radical (unpaired) electrons. The van der Waals surface area contributed by atoms with Gasteiger partial charge in [-0.2, -0.15) is 65.9 Å². The molecule has 0 aromatic carbocycles. The van der Waals surface area contributed by atoms with Crippen LogP contribution in [0, 0.1) is 0 Å². The second kappa shape index (κ2) is 23.6. The van der Waals surface area contributed by atoms with Gasteiger partial charge in [0.1, 0.15) is 0 Å². The number of hydrogen-bond acceptors (Lipinski definition) is 5. The first-order valence-corrected chi connectivity index (χ1v) is 28.1. The number of rotatable bonds is 28. The highest BCUT2D eigenvalue weighted by atomic mass is 28.4. The fourth-order valence-electron chi connectivity index (χ4n) is 8.42. The number of carbonyl (C=O) groups excluding carboxylic acids is 1. The van der Waals surface area contributed by atoms with E-state index in [-0.39, 0.29) is 6.42 Å². The molecular formula is C41H69F15O5Si3. The van der Waals surface area contributed by atoms with Crippen molar-refractivity contribution in [3.8, 4) is 0 Å². The van der Waals surface area contributed by atoms with Crippen LogP contribution in [0.3, 0.4) is 0 Å². The van der Waals surface area contributed by atoms with Crippen molar-refractivity contribution < 1.29 is 88.7 Å². The smallest absolute Gasteiger partial charge is 0.453 e. The number of halogens is 15. The van der Waals surface area contributed by atoms with Crippen LogP contribution >= 0.6 is 0 Å². The first-order chi connectivity index (χ1) is 28.6. The fraction of sp³-hybridized carbons (Fsp3) is 0.878. The third-order valence-electron chi connectivity index (χ3n) is 12.6. The van der Waals surface area contributed by atoms with E-state index in [1.165, 1.54) is 61.5 Å². The topological polar surface area (TPSA) is 54.0 Å². The molecule has 0 heterocycles. The van der Waals surface area contributed by atoms with Gasteiger partial charge in [-0.05, 0) is 63.9 Å². The molecule has 0 aliphatic heterocycles. The zero-order valence-corrected chi connectivity index (χ0v) is 42.0. The molecule has 0 bridgehead atoms. The molecule has 64 heavy (non-hydrogen) atoms. The van der Waals surface area contributed by atoms with E-state index in [1.54, 1.807) is 27.7 Å². The summed E-state index contributed by atoms with van der Waals surface area (Å²) >= 11 is 0. The summed E-state index contributed by atoms with van der Waals surface area (Å²) in [4.78, 5) is 12.7. The van der Waals surface area contributed by atoms with E-state index in [2.05, 4.69) is 6.58 Å². The molecule has 0 aliphatic rings. The van der Waals surface area contributed by atoms with Gasteiger partial charge in [0.2, 0.25) is 0 Å². The predicted molar refractivity (Wildman–Crippen MR) is 224 cm³/mol. The van der Waals surface area contributed by atoms with Crippen LogP contribution in [-0.4, -0.2) is 92.6 Å². The van der Waals surface area contributed by atoms with Gasteiger partial charge in [0.25, 0.3) is 0 Å². The SMILES string of the molecule is C=CC[C@H](C[C@@H](O[Si](CCC(F)(F)C(F)(F)F)(C(C)C)C(C)C)[C@@H](/C=C/C(=O)OC)O[Si](CCC(F)(F)C(F)(F)F)(C(C)C)C(C)C)O[Si](CCC(F)(F)C(F)(F)F)(C(C)C)C(C)C. The van der Waals surface area contributed by atoms with Gasteiger partial charge in [-0.1, -0.05) is 89.2 Å². The van der Waals surface area contributed by atoms with Crippen LogP contribution in [0.2, 0.25) is 51.4 Å². The van der Waals surface area contributed by atoms with Gasteiger partial charge >= 0.3 is 42.3 Å². The van der Waals surface area contributed by atoms with Crippen molar-refractivity contribution in [2.45, 2.75) is 221 Å². The maximum absolute atomic E-state index is 14.7. The lowest BCUT2D eigenvalue weighted by Gasteiger charge is -2.48. The Hall–Kier alpha value is -1.57. The molecule has 380 valence electrons. The van der Waals surface area contributed by atoms with Crippen molar-refractivity contribution in [1.82, 2.24) is 0 Å². The van der Waals surface area contributed by atoms with Crippen molar-refractivity contribution in [3.05, 3.63) is 24.8 Å². The molecule has 0 aromatic rings. The summed E-state index contributed by atoms with van der Waals surface area (Å²) in [7, 11) is -10.9. The maximum Gasteiger partial charge on any atom is 0.453 e. The van der Waals surface area contributed by atoms with Gasteiger partial charge in [0.05, 0.1) is 25.4 Å². The summed E-state index contributed by atoms with van der Waals surface area (Å²) in [5, 5.41) is 0. The quantitative estimate of drug-likeness (QED) is 0.0257. The van der Waals surface area contributed by atoms with Crippen LogP contribution < -0.4 is 0 Å². The van der Waals surface area contributed by atoms with E-state index in [0.717, 1.165) is 19.3 Å². The van der Waals surface area contributed by atoms with E-state index in [1.807, 2.05) is 0 Å². The monoisotopic (exact) mass is 1010 g/mol. The fourth-order valence-corrected chi connectivity index (χ4v) is 22.3. The molecule has 0 spiro atoms. The predicted octanol–water partition coefficient (Wildman–Crippen LogP) is 15.9. The Morgan fingerprint density at radius 2 is 0.812 bits per heavy atom. The summed E-state index contributed by atoms with van der Waals surface area (Å²) in [5.74, 6) is -16.5. The minimum absolute atomic E-state index is 0.171. The number of alkyl halides is 15. The average Bonchev–Trinajstić information content (AvgIpc) is 3.11. The van der Waals surface area contributed by atoms with Gasteiger partial charge in [0.15, 0.2) is 25.0 Å². The Labute approximate surface area is 372 Å². The van der Waals surface area contributed by atoms with Gasteiger partial charge < -0.3 is 18.0 Å². The summed E-state index contributed by atoms with van der Waals surface area (Å²) in [6.07, 6.45) is -24.8. The zero-order valence-electron chi connectivity index (χ0n) is 39.0. The summed E-state index contributed by atoms with van der Waals surface area (Å²) in [5.41, 5.74) is -4.25. The Morgan fingerprint density at radius 3 is 1.08 bits per heavy atom. The Bertz CT molecular complexity index is 1440. The van der Waals surface area contributed by atoms with Crippen molar-refractivity contribution in [1.29, 1.82) is 0 Å². The highest BCUT2D eigenvalue weighted by molar-refractivity contribution is 6.77. The Balaban J connectivity index is 8.45. The number of esters is 1. The first-order valence-electron chi connectivity index (χ1n) is 21.3. The second-order valence-corrected chi connectivity index (χ2v) is 33.4. The minimum Gasteiger partial charge on any atom is -0.466 e. The Kier molecular flexibility index (Phi) is 23.1. The number of methoxy groups -OCH3 is 1. The van der Waals surface area contributed by atoms with Crippen molar-refractivity contribution in [2.75, 3.05) is 7.11 Å². The number of carbonyl (C=O) groups is 1. The van der Waals surface area contributed by atoms with E-state index >= 15 is 0 Å². The van der Waals surface area contributed by atoms with Gasteiger partial charge in [-0.15, -0.1) is 6.58 Å². The first kappa shape index (κ1) is 62.4.